The lowest BCUT2D eigenvalue weighted by Crippen LogP contribution is -2.23. The summed E-state index contributed by atoms with van der Waals surface area (Å²) in [6.07, 6.45) is 4.19. The summed E-state index contributed by atoms with van der Waals surface area (Å²) in [6, 6.07) is 4.13. The normalized spacial score (nSPS) is 21.4. The van der Waals surface area contributed by atoms with Gasteiger partial charge in [-0.25, -0.2) is 9.50 Å². The average Bonchev–Trinajstić information content (AvgIpc) is 2.93. The van der Waals surface area contributed by atoms with Crippen molar-refractivity contribution in [3.8, 4) is 0 Å². The number of pyridine rings is 1. The molecule has 1 unspecified atom stereocenters. The molecule has 1 fully saturated rings. The fraction of sp³-hybridized carbons (Fsp3) is 0.500. The highest BCUT2D eigenvalue weighted by Crippen LogP contribution is 2.29. The summed E-state index contributed by atoms with van der Waals surface area (Å²) in [5, 5.41) is 5.22. The molecule has 3 rings (SSSR count). The molecule has 0 N–H and O–H groups in total. The van der Waals surface area contributed by atoms with E-state index in [1.807, 2.05) is 12.1 Å². The molecule has 0 radical (unpaired) electrons. The van der Waals surface area contributed by atoms with Gasteiger partial charge in [0.2, 0.25) is 0 Å². The Morgan fingerprint density at radius 2 is 2.35 bits per heavy atom. The van der Waals surface area contributed by atoms with E-state index in [2.05, 4.69) is 21.9 Å². The molecule has 0 bridgehead atoms. The Hall–Kier alpha value is -1.13. The number of hydrogen-bond acceptors (Lipinski definition) is 3. The number of halogens is 1. The van der Waals surface area contributed by atoms with Crippen molar-refractivity contribution in [3.05, 3.63) is 29.2 Å². The van der Waals surface area contributed by atoms with Gasteiger partial charge in [0.05, 0.1) is 11.1 Å². The van der Waals surface area contributed by atoms with Crippen LogP contribution in [0.3, 0.4) is 0 Å². The predicted molar refractivity (Wildman–Crippen MR) is 67.2 cm³/mol. The van der Waals surface area contributed by atoms with E-state index in [0.29, 0.717) is 11.1 Å². The topological polar surface area (TPSA) is 33.4 Å². The minimum atomic E-state index is 0.374. The van der Waals surface area contributed by atoms with Gasteiger partial charge in [0, 0.05) is 6.20 Å². The molecule has 2 aromatic heterocycles. The molecule has 1 saturated heterocycles. The van der Waals surface area contributed by atoms with Crippen molar-refractivity contribution in [1.82, 2.24) is 19.5 Å². The maximum Gasteiger partial charge on any atom is 0.168 e. The summed E-state index contributed by atoms with van der Waals surface area (Å²) in [6.45, 7) is 4.39. The molecule has 0 spiro atoms. The Morgan fingerprint density at radius 3 is 3.18 bits per heavy atom. The van der Waals surface area contributed by atoms with Gasteiger partial charge in [0.25, 0.3) is 0 Å². The number of hydrogen-bond donors (Lipinski definition) is 0. The molecule has 0 amide bonds. The third-order valence-corrected chi connectivity index (χ3v) is 3.60. The highest BCUT2D eigenvalue weighted by molar-refractivity contribution is 6.30. The average molecular weight is 251 g/mol. The molecule has 90 valence electrons. The zero-order chi connectivity index (χ0) is 11.8. The van der Waals surface area contributed by atoms with Crippen LogP contribution < -0.4 is 0 Å². The number of aromatic nitrogens is 3. The molecule has 1 aliphatic rings. The van der Waals surface area contributed by atoms with E-state index in [9.17, 15) is 0 Å². The van der Waals surface area contributed by atoms with Crippen molar-refractivity contribution in [3.63, 3.8) is 0 Å². The minimum absolute atomic E-state index is 0.374. The molecular weight excluding hydrogens is 236 g/mol. The van der Waals surface area contributed by atoms with Gasteiger partial charge in [-0.1, -0.05) is 18.5 Å². The Kier molecular flexibility index (Phi) is 2.76. The van der Waals surface area contributed by atoms with Crippen LogP contribution in [0.25, 0.3) is 5.65 Å². The minimum Gasteiger partial charge on any atom is -0.294 e. The Morgan fingerprint density at radius 1 is 1.47 bits per heavy atom. The maximum absolute atomic E-state index is 5.94. The quantitative estimate of drug-likeness (QED) is 0.821. The van der Waals surface area contributed by atoms with Gasteiger partial charge in [-0.3, -0.25) is 4.90 Å². The summed E-state index contributed by atoms with van der Waals surface area (Å²) >= 11 is 5.94. The largest absolute Gasteiger partial charge is 0.294 e. The van der Waals surface area contributed by atoms with E-state index in [4.69, 9.17) is 11.6 Å². The molecule has 0 saturated carbocycles. The molecule has 3 heterocycles. The first-order valence-electron chi connectivity index (χ1n) is 6.04. The Balaban J connectivity index is 2.00. The first kappa shape index (κ1) is 11.0. The van der Waals surface area contributed by atoms with Gasteiger partial charge in [-0.15, -0.1) is 5.10 Å². The number of likely N-dealkylation sites (tertiary alicyclic amines) is 1. The van der Waals surface area contributed by atoms with Crippen LogP contribution in [0.1, 0.15) is 31.6 Å². The molecule has 0 aromatic carbocycles. The molecule has 2 aromatic rings. The van der Waals surface area contributed by atoms with Crippen LogP contribution in [-0.2, 0) is 0 Å². The molecular formula is C12H15ClN4. The van der Waals surface area contributed by atoms with Crippen molar-refractivity contribution in [1.29, 1.82) is 0 Å². The van der Waals surface area contributed by atoms with Crippen LogP contribution in [0, 0.1) is 0 Å². The lowest BCUT2D eigenvalue weighted by Gasteiger charge is -2.19. The molecule has 1 aliphatic heterocycles. The summed E-state index contributed by atoms with van der Waals surface area (Å²) in [4.78, 5) is 7.01. The third-order valence-electron chi connectivity index (χ3n) is 3.38. The van der Waals surface area contributed by atoms with Crippen LogP contribution in [0.5, 0.6) is 0 Å². The van der Waals surface area contributed by atoms with Gasteiger partial charge in [0.1, 0.15) is 0 Å². The molecule has 17 heavy (non-hydrogen) atoms. The van der Waals surface area contributed by atoms with Crippen molar-refractivity contribution in [2.24, 2.45) is 0 Å². The van der Waals surface area contributed by atoms with Crippen LogP contribution in [0.2, 0.25) is 5.02 Å². The highest BCUT2D eigenvalue weighted by Gasteiger charge is 2.27. The van der Waals surface area contributed by atoms with E-state index in [0.717, 1.165) is 31.0 Å². The van der Waals surface area contributed by atoms with E-state index < -0.39 is 0 Å². The van der Waals surface area contributed by atoms with Crippen molar-refractivity contribution in [2.75, 3.05) is 13.1 Å². The third kappa shape index (κ3) is 1.91. The molecule has 1 atom stereocenters. The smallest absolute Gasteiger partial charge is 0.168 e. The lowest BCUT2D eigenvalue weighted by atomic mass is 10.2. The molecule has 5 heteroatoms. The SMILES string of the molecule is CCN1CCCC1c1nc2ccc(Cl)cn2n1. The predicted octanol–water partition coefficient (Wildman–Crippen LogP) is 2.54. The van der Waals surface area contributed by atoms with Gasteiger partial charge in [0.15, 0.2) is 11.5 Å². The number of nitrogens with zero attached hydrogens (tertiary/aromatic N) is 4. The van der Waals surface area contributed by atoms with Crippen molar-refractivity contribution >= 4 is 17.2 Å². The monoisotopic (exact) mass is 250 g/mol. The highest BCUT2D eigenvalue weighted by atomic mass is 35.5. The summed E-state index contributed by atoms with van der Waals surface area (Å²) in [7, 11) is 0. The summed E-state index contributed by atoms with van der Waals surface area (Å²) in [5.74, 6) is 0.923. The van der Waals surface area contributed by atoms with E-state index in [1.165, 1.54) is 6.42 Å². The zero-order valence-corrected chi connectivity index (χ0v) is 10.6. The Labute approximate surface area is 105 Å². The number of rotatable bonds is 2. The zero-order valence-electron chi connectivity index (χ0n) is 9.80. The van der Waals surface area contributed by atoms with E-state index in [1.54, 1.807) is 10.7 Å². The molecule has 4 nitrogen and oxygen atoms in total. The van der Waals surface area contributed by atoms with Gasteiger partial charge >= 0.3 is 0 Å². The maximum atomic E-state index is 5.94. The van der Waals surface area contributed by atoms with Crippen molar-refractivity contribution < 1.29 is 0 Å². The van der Waals surface area contributed by atoms with Crippen LogP contribution >= 0.6 is 11.6 Å². The van der Waals surface area contributed by atoms with Gasteiger partial charge in [-0.05, 0) is 38.1 Å². The van der Waals surface area contributed by atoms with Gasteiger partial charge in [-0.2, -0.15) is 0 Å². The summed E-state index contributed by atoms with van der Waals surface area (Å²) in [5.41, 5.74) is 0.868. The van der Waals surface area contributed by atoms with E-state index in [-0.39, 0.29) is 0 Å². The van der Waals surface area contributed by atoms with Crippen LogP contribution in [-0.4, -0.2) is 32.6 Å². The van der Waals surface area contributed by atoms with Crippen LogP contribution in [0.15, 0.2) is 18.3 Å². The fourth-order valence-corrected chi connectivity index (χ4v) is 2.67. The van der Waals surface area contributed by atoms with Crippen molar-refractivity contribution in [2.45, 2.75) is 25.8 Å². The Bertz CT molecular complexity index is 536. The van der Waals surface area contributed by atoms with E-state index >= 15 is 0 Å². The number of fused-ring (bicyclic) bond motifs is 1. The lowest BCUT2D eigenvalue weighted by molar-refractivity contribution is 0.262. The fourth-order valence-electron chi connectivity index (χ4n) is 2.51. The second-order valence-corrected chi connectivity index (χ2v) is 4.84. The standard InChI is InChI=1S/C12H15ClN4/c1-2-16-7-3-4-10(16)12-14-11-6-5-9(13)8-17(11)15-12/h5-6,8,10H,2-4,7H2,1H3. The van der Waals surface area contributed by atoms with Crippen LogP contribution in [0.4, 0.5) is 0 Å². The first-order valence-corrected chi connectivity index (χ1v) is 6.41. The second-order valence-electron chi connectivity index (χ2n) is 4.41. The van der Waals surface area contributed by atoms with Gasteiger partial charge < -0.3 is 0 Å². The summed E-state index contributed by atoms with van der Waals surface area (Å²) < 4.78 is 1.77. The second kappa shape index (κ2) is 4.27. The first-order chi connectivity index (χ1) is 8.28. The molecule has 0 aliphatic carbocycles.